The maximum Gasteiger partial charge on any atom is 0.251 e. The number of likely N-dealkylation sites (tertiary alicyclic amines) is 1. The van der Waals surface area contributed by atoms with Gasteiger partial charge in [0.2, 0.25) is 10.0 Å². The second-order valence-corrected chi connectivity index (χ2v) is 9.43. The van der Waals surface area contributed by atoms with Crippen LogP contribution in [0.3, 0.4) is 0 Å². The Balaban J connectivity index is 1.56. The third kappa shape index (κ3) is 6.39. The first-order chi connectivity index (χ1) is 13.9. The van der Waals surface area contributed by atoms with Gasteiger partial charge in [0.05, 0.1) is 4.90 Å². The van der Waals surface area contributed by atoms with Crippen molar-refractivity contribution in [3.63, 3.8) is 0 Å². The summed E-state index contributed by atoms with van der Waals surface area (Å²) in [5, 5.41) is 2.93. The first-order valence-electron chi connectivity index (χ1n) is 10.1. The summed E-state index contributed by atoms with van der Waals surface area (Å²) in [4.78, 5) is 15.0. The smallest absolute Gasteiger partial charge is 0.251 e. The average molecular weight is 416 g/mol. The van der Waals surface area contributed by atoms with Gasteiger partial charge < -0.3 is 10.2 Å². The maximum absolute atomic E-state index is 12.6. The SMILES string of the molecule is CC(CNC(=O)c1cccc(S(=O)(=O)NCc2ccccc2)c1)CN1CCCC1. The van der Waals surface area contributed by atoms with Crippen LogP contribution in [0, 0.1) is 5.92 Å². The fourth-order valence-corrected chi connectivity index (χ4v) is 4.56. The van der Waals surface area contributed by atoms with Crippen LogP contribution >= 0.6 is 0 Å². The number of nitrogens with one attached hydrogen (secondary N) is 2. The van der Waals surface area contributed by atoms with Crippen LogP contribution in [0.4, 0.5) is 0 Å². The van der Waals surface area contributed by atoms with Crippen molar-refractivity contribution in [3.8, 4) is 0 Å². The number of rotatable bonds is 9. The first kappa shape index (κ1) is 21.5. The molecule has 0 aliphatic carbocycles. The number of hydrogen-bond acceptors (Lipinski definition) is 4. The lowest BCUT2D eigenvalue weighted by Gasteiger charge is -2.20. The molecule has 7 heteroatoms. The van der Waals surface area contributed by atoms with E-state index >= 15 is 0 Å². The van der Waals surface area contributed by atoms with E-state index in [9.17, 15) is 13.2 Å². The van der Waals surface area contributed by atoms with Crippen molar-refractivity contribution in [1.82, 2.24) is 14.9 Å². The van der Waals surface area contributed by atoms with E-state index in [1.54, 1.807) is 12.1 Å². The van der Waals surface area contributed by atoms with E-state index in [1.165, 1.54) is 25.0 Å². The summed E-state index contributed by atoms with van der Waals surface area (Å²) in [7, 11) is -3.70. The molecular formula is C22H29N3O3S. The number of sulfonamides is 1. The summed E-state index contributed by atoms with van der Waals surface area (Å²) in [6.45, 7) is 6.12. The molecule has 1 aliphatic heterocycles. The van der Waals surface area contributed by atoms with Crippen molar-refractivity contribution in [2.75, 3.05) is 26.2 Å². The second-order valence-electron chi connectivity index (χ2n) is 7.66. The van der Waals surface area contributed by atoms with Gasteiger partial charge in [-0.1, -0.05) is 43.3 Å². The monoisotopic (exact) mass is 415 g/mol. The number of carbonyl (C=O) groups excluding carboxylic acids is 1. The van der Waals surface area contributed by atoms with Crippen molar-refractivity contribution in [2.45, 2.75) is 31.2 Å². The number of hydrogen-bond donors (Lipinski definition) is 2. The topological polar surface area (TPSA) is 78.5 Å². The summed E-state index contributed by atoms with van der Waals surface area (Å²) in [5.74, 6) is 0.0925. The summed E-state index contributed by atoms with van der Waals surface area (Å²) in [6.07, 6.45) is 2.50. The molecule has 1 saturated heterocycles. The summed E-state index contributed by atoms with van der Waals surface area (Å²) in [5.41, 5.74) is 1.22. The van der Waals surface area contributed by atoms with Crippen LogP contribution in [-0.4, -0.2) is 45.4 Å². The highest BCUT2D eigenvalue weighted by atomic mass is 32.2. The normalized spacial score (nSPS) is 15.9. The molecule has 1 atom stereocenters. The van der Waals surface area contributed by atoms with Crippen molar-refractivity contribution < 1.29 is 13.2 Å². The molecule has 0 radical (unpaired) electrons. The minimum atomic E-state index is -3.70. The molecule has 0 aromatic heterocycles. The van der Waals surface area contributed by atoms with Crippen LogP contribution < -0.4 is 10.0 Å². The van der Waals surface area contributed by atoms with Crippen LogP contribution in [0.5, 0.6) is 0 Å². The Hall–Kier alpha value is -2.22. The molecule has 2 aromatic rings. The van der Waals surface area contributed by atoms with Gasteiger partial charge in [-0.25, -0.2) is 13.1 Å². The molecule has 1 aliphatic rings. The molecule has 0 spiro atoms. The highest BCUT2D eigenvalue weighted by molar-refractivity contribution is 7.89. The molecule has 1 unspecified atom stereocenters. The zero-order valence-electron chi connectivity index (χ0n) is 16.8. The van der Waals surface area contributed by atoms with E-state index in [0.717, 1.165) is 25.2 Å². The van der Waals surface area contributed by atoms with Crippen molar-refractivity contribution in [3.05, 3.63) is 65.7 Å². The number of carbonyl (C=O) groups is 1. The Kier molecular flexibility index (Phi) is 7.41. The number of nitrogens with zero attached hydrogens (tertiary/aromatic N) is 1. The highest BCUT2D eigenvalue weighted by Gasteiger charge is 2.18. The van der Waals surface area contributed by atoms with Crippen LogP contribution in [0.15, 0.2) is 59.5 Å². The molecule has 1 fully saturated rings. The second kappa shape index (κ2) is 10.0. The van der Waals surface area contributed by atoms with Gasteiger partial charge in [0.15, 0.2) is 0 Å². The average Bonchev–Trinajstić information content (AvgIpc) is 3.24. The lowest BCUT2D eigenvalue weighted by molar-refractivity contribution is 0.0945. The Bertz CT molecular complexity index is 910. The summed E-state index contributed by atoms with van der Waals surface area (Å²) >= 11 is 0. The van der Waals surface area contributed by atoms with Gasteiger partial charge in [0, 0.05) is 25.2 Å². The van der Waals surface area contributed by atoms with E-state index in [-0.39, 0.29) is 17.3 Å². The Morgan fingerprint density at radius 2 is 1.79 bits per heavy atom. The molecule has 0 bridgehead atoms. The van der Waals surface area contributed by atoms with Crippen molar-refractivity contribution >= 4 is 15.9 Å². The van der Waals surface area contributed by atoms with Crippen LogP contribution in [0.25, 0.3) is 0 Å². The molecule has 0 saturated carbocycles. The summed E-state index contributed by atoms with van der Waals surface area (Å²) in [6, 6.07) is 15.5. The molecule has 1 amide bonds. The van der Waals surface area contributed by atoms with Gasteiger partial charge in [-0.3, -0.25) is 4.79 Å². The van der Waals surface area contributed by atoms with Crippen LogP contribution in [0.2, 0.25) is 0 Å². The van der Waals surface area contributed by atoms with E-state index < -0.39 is 10.0 Å². The Labute approximate surface area is 173 Å². The summed E-state index contributed by atoms with van der Waals surface area (Å²) < 4.78 is 27.8. The molecule has 6 nitrogen and oxygen atoms in total. The van der Waals surface area contributed by atoms with E-state index in [1.807, 2.05) is 30.3 Å². The molecule has 1 heterocycles. The lowest BCUT2D eigenvalue weighted by Crippen LogP contribution is -2.34. The minimum Gasteiger partial charge on any atom is -0.352 e. The Morgan fingerprint density at radius 3 is 2.52 bits per heavy atom. The van der Waals surface area contributed by atoms with Crippen molar-refractivity contribution in [2.24, 2.45) is 5.92 Å². The number of benzene rings is 2. The van der Waals surface area contributed by atoms with E-state index in [0.29, 0.717) is 18.0 Å². The molecule has 156 valence electrons. The van der Waals surface area contributed by atoms with Gasteiger partial charge in [-0.2, -0.15) is 0 Å². The molecule has 3 rings (SSSR count). The third-order valence-electron chi connectivity index (χ3n) is 5.10. The number of amides is 1. The van der Waals surface area contributed by atoms with Gasteiger partial charge >= 0.3 is 0 Å². The largest absolute Gasteiger partial charge is 0.352 e. The maximum atomic E-state index is 12.6. The molecular weight excluding hydrogens is 386 g/mol. The quantitative estimate of drug-likeness (QED) is 0.660. The molecule has 29 heavy (non-hydrogen) atoms. The molecule has 2 aromatic carbocycles. The predicted octanol–water partition coefficient (Wildman–Crippen LogP) is 2.63. The van der Waals surface area contributed by atoms with Gasteiger partial charge in [0.25, 0.3) is 5.91 Å². The van der Waals surface area contributed by atoms with E-state index in [2.05, 4.69) is 21.9 Å². The van der Waals surface area contributed by atoms with Crippen LogP contribution in [-0.2, 0) is 16.6 Å². The Morgan fingerprint density at radius 1 is 1.07 bits per heavy atom. The van der Waals surface area contributed by atoms with E-state index in [4.69, 9.17) is 0 Å². The fraction of sp³-hybridized carbons (Fsp3) is 0.409. The highest BCUT2D eigenvalue weighted by Crippen LogP contribution is 2.13. The first-order valence-corrected chi connectivity index (χ1v) is 11.6. The fourth-order valence-electron chi connectivity index (χ4n) is 3.50. The molecule has 2 N–H and O–H groups in total. The predicted molar refractivity (Wildman–Crippen MR) is 114 cm³/mol. The standard InChI is InChI=1S/C22H29N3O3S/c1-18(17-25-12-5-6-13-25)15-23-22(26)20-10-7-11-21(14-20)29(27,28)24-16-19-8-3-2-4-9-19/h2-4,7-11,14,18,24H,5-6,12-13,15-17H2,1H3,(H,23,26). The minimum absolute atomic E-state index is 0.0891. The van der Waals surface area contributed by atoms with Gasteiger partial charge in [-0.15, -0.1) is 0 Å². The van der Waals surface area contributed by atoms with Gasteiger partial charge in [0.1, 0.15) is 0 Å². The van der Waals surface area contributed by atoms with Crippen LogP contribution in [0.1, 0.15) is 35.7 Å². The zero-order valence-corrected chi connectivity index (χ0v) is 17.6. The zero-order chi connectivity index (χ0) is 20.7. The lowest BCUT2D eigenvalue weighted by atomic mass is 10.1. The third-order valence-corrected chi connectivity index (χ3v) is 6.49. The van der Waals surface area contributed by atoms with Gasteiger partial charge in [-0.05, 0) is 55.6 Å². The van der Waals surface area contributed by atoms with Crippen molar-refractivity contribution in [1.29, 1.82) is 0 Å².